The summed E-state index contributed by atoms with van der Waals surface area (Å²) >= 11 is 1.46. The Hall–Kier alpha value is -1.58. The number of benzene rings is 2. The van der Waals surface area contributed by atoms with Gasteiger partial charge in [-0.1, -0.05) is 66.4 Å². The summed E-state index contributed by atoms with van der Waals surface area (Å²) < 4.78 is 0. The van der Waals surface area contributed by atoms with Crippen LogP contribution in [-0.4, -0.2) is 30.2 Å². The zero-order chi connectivity index (χ0) is 14.7. The number of carbonyl (C=O) groups excluding carboxylic acids is 1. The lowest BCUT2D eigenvalue weighted by atomic mass is 10.1. The lowest BCUT2D eigenvalue weighted by molar-refractivity contribution is 0.109. The number of carbonyl (C=O) groups is 1. The minimum absolute atomic E-state index is 0.215. The largest absolute Gasteiger partial charge is 0.305 e. The van der Waals surface area contributed by atoms with E-state index in [4.69, 9.17) is 0 Å². The number of thioether (sulfide) groups is 1. The van der Waals surface area contributed by atoms with Crippen LogP contribution in [0.25, 0.3) is 0 Å². The zero-order valence-corrected chi connectivity index (χ0v) is 13.0. The molecule has 2 aromatic carbocycles. The molecule has 0 fully saturated rings. The quantitative estimate of drug-likeness (QED) is 0.837. The molecule has 0 amide bonds. The predicted octanol–water partition coefficient (Wildman–Crippen LogP) is 3.79. The van der Waals surface area contributed by atoms with Crippen LogP contribution in [0.4, 0.5) is 0 Å². The molecule has 0 aliphatic carbocycles. The van der Waals surface area contributed by atoms with Crippen LogP contribution in [-0.2, 0) is 6.42 Å². The average molecular weight is 297 g/mol. The van der Waals surface area contributed by atoms with Crippen molar-refractivity contribution in [2.75, 3.05) is 20.1 Å². The summed E-state index contributed by atoms with van der Waals surface area (Å²) in [5, 5.41) is 0.488. The second-order valence-electron chi connectivity index (χ2n) is 5.48. The van der Waals surface area contributed by atoms with Crippen LogP contribution in [0, 0.1) is 0 Å². The van der Waals surface area contributed by atoms with Gasteiger partial charge in [-0.3, -0.25) is 4.79 Å². The summed E-state index contributed by atoms with van der Waals surface area (Å²) in [5.41, 5.74) is 3.45. The highest BCUT2D eigenvalue weighted by molar-refractivity contribution is 8.14. The molecule has 2 aromatic rings. The molecule has 21 heavy (non-hydrogen) atoms. The van der Waals surface area contributed by atoms with Gasteiger partial charge in [-0.05, 0) is 24.6 Å². The molecule has 0 aromatic heterocycles. The molecule has 0 N–H and O–H groups in total. The first-order chi connectivity index (χ1) is 10.2. The van der Waals surface area contributed by atoms with Gasteiger partial charge in [-0.2, -0.15) is 0 Å². The van der Waals surface area contributed by atoms with E-state index in [2.05, 4.69) is 42.3 Å². The zero-order valence-electron chi connectivity index (χ0n) is 12.2. The van der Waals surface area contributed by atoms with Crippen LogP contribution in [0.5, 0.6) is 0 Å². The van der Waals surface area contributed by atoms with Crippen molar-refractivity contribution in [3.63, 3.8) is 0 Å². The van der Waals surface area contributed by atoms with Gasteiger partial charge in [0.05, 0.1) is 5.25 Å². The molecule has 1 unspecified atom stereocenters. The van der Waals surface area contributed by atoms with E-state index in [0.717, 1.165) is 25.1 Å². The fraction of sp³-hybridized carbons (Fsp3) is 0.278. The highest BCUT2D eigenvalue weighted by Gasteiger charge is 2.30. The van der Waals surface area contributed by atoms with Gasteiger partial charge in [0.25, 0.3) is 0 Å². The minimum Gasteiger partial charge on any atom is -0.305 e. The molecule has 1 aliphatic heterocycles. The van der Waals surface area contributed by atoms with Crippen molar-refractivity contribution in [3.8, 4) is 0 Å². The monoisotopic (exact) mass is 297 g/mol. The molecule has 1 aliphatic rings. The maximum atomic E-state index is 12.0. The Morgan fingerprint density at radius 2 is 1.76 bits per heavy atom. The van der Waals surface area contributed by atoms with Crippen molar-refractivity contribution in [1.29, 1.82) is 0 Å². The van der Waals surface area contributed by atoms with Crippen molar-refractivity contribution in [1.82, 2.24) is 4.90 Å². The molecule has 0 bridgehead atoms. The highest BCUT2D eigenvalue weighted by atomic mass is 32.2. The number of hydrogen-bond donors (Lipinski definition) is 0. The van der Waals surface area contributed by atoms with Gasteiger partial charge < -0.3 is 4.90 Å². The van der Waals surface area contributed by atoms with Gasteiger partial charge in [0.15, 0.2) is 0 Å². The third-order valence-electron chi connectivity index (χ3n) is 3.88. The van der Waals surface area contributed by atoms with Crippen molar-refractivity contribution in [2.45, 2.75) is 11.7 Å². The minimum atomic E-state index is 0.215. The molecular weight excluding hydrogens is 278 g/mol. The maximum absolute atomic E-state index is 12.0. The molecule has 1 heterocycles. The summed E-state index contributed by atoms with van der Waals surface area (Å²) in [7, 11) is 2.13. The molecule has 0 saturated heterocycles. The van der Waals surface area contributed by atoms with Gasteiger partial charge in [0, 0.05) is 18.7 Å². The van der Waals surface area contributed by atoms with Crippen LogP contribution < -0.4 is 0 Å². The number of hydrogen-bond acceptors (Lipinski definition) is 3. The fourth-order valence-electron chi connectivity index (χ4n) is 2.69. The lowest BCUT2D eigenvalue weighted by Crippen LogP contribution is -2.25. The average Bonchev–Trinajstić information content (AvgIpc) is 2.83. The van der Waals surface area contributed by atoms with E-state index in [9.17, 15) is 4.79 Å². The van der Waals surface area contributed by atoms with Crippen LogP contribution in [0.3, 0.4) is 0 Å². The van der Waals surface area contributed by atoms with Gasteiger partial charge in [0.2, 0.25) is 5.12 Å². The van der Waals surface area contributed by atoms with Crippen molar-refractivity contribution in [3.05, 3.63) is 71.3 Å². The van der Waals surface area contributed by atoms with E-state index in [1.165, 1.54) is 22.9 Å². The lowest BCUT2D eigenvalue weighted by Gasteiger charge is -2.20. The van der Waals surface area contributed by atoms with Gasteiger partial charge in [0.1, 0.15) is 0 Å². The normalized spacial score (nSPS) is 17.2. The number of rotatable bonds is 5. The molecule has 3 rings (SSSR count). The van der Waals surface area contributed by atoms with Gasteiger partial charge >= 0.3 is 0 Å². The van der Waals surface area contributed by atoms with E-state index < -0.39 is 0 Å². The second-order valence-corrected chi connectivity index (χ2v) is 6.65. The molecule has 0 saturated carbocycles. The Labute approximate surface area is 130 Å². The molecule has 2 nitrogen and oxygen atoms in total. The van der Waals surface area contributed by atoms with E-state index >= 15 is 0 Å². The molecule has 3 heteroatoms. The molecule has 0 spiro atoms. The van der Waals surface area contributed by atoms with Crippen molar-refractivity contribution in [2.24, 2.45) is 0 Å². The van der Waals surface area contributed by atoms with E-state index in [0.29, 0.717) is 0 Å². The standard InChI is InChI=1S/C18H19NOS/c1-19(12-11-14-7-3-2-4-8-14)13-17-15-9-5-6-10-16(15)18(20)21-17/h2-10,17H,11-13H2,1H3. The van der Waals surface area contributed by atoms with E-state index in [1.54, 1.807) is 0 Å². The predicted molar refractivity (Wildman–Crippen MR) is 88.7 cm³/mol. The highest BCUT2D eigenvalue weighted by Crippen LogP contribution is 2.41. The summed E-state index contributed by atoms with van der Waals surface area (Å²) in [5.74, 6) is 0. The third kappa shape index (κ3) is 3.36. The van der Waals surface area contributed by atoms with Crippen LogP contribution in [0.1, 0.15) is 26.7 Å². The molecular formula is C18H19NOS. The molecule has 0 radical (unpaired) electrons. The molecule has 1 atom stereocenters. The Morgan fingerprint density at radius 1 is 1.05 bits per heavy atom. The number of fused-ring (bicyclic) bond motifs is 1. The topological polar surface area (TPSA) is 20.3 Å². The van der Waals surface area contributed by atoms with E-state index in [1.807, 2.05) is 24.3 Å². The summed E-state index contributed by atoms with van der Waals surface area (Å²) in [6, 6.07) is 18.5. The third-order valence-corrected chi connectivity index (χ3v) is 5.00. The SMILES string of the molecule is CN(CCc1ccccc1)CC1SC(=O)c2ccccc21. The number of likely N-dealkylation sites (N-methyl/N-ethyl adjacent to an activating group) is 1. The van der Waals surface area contributed by atoms with Crippen molar-refractivity contribution < 1.29 is 4.79 Å². The van der Waals surface area contributed by atoms with Gasteiger partial charge in [-0.25, -0.2) is 0 Å². The first-order valence-corrected chi connectivity index (χ1v) is 8.14. The van der Waals surface area contributed by atoms with Crippen LogP contribution in [0.15, 0.2) is 54.6 Å². The van der Waals surface area contributed by atoms with Crippen LogP contribution in [0.2, 0.25) is 0 Å². The maximum Gasteiger partial charge on any atom is 0.220 e. The Bertz CT molecular complexity index is 626. The van der Waals surface area contributed by atoms with E-state index in [-0.39, 0.29) is 10.4 Å². The number of nitrogens with zero attached hydrogens (tertiary/aromatic N) is 1. The van der Waals surface area contributed by atoms with Crippen molar-refractivity contribution >= 4 is 16.9 Å². The Morgan fingerprint density at radius 3 is 2.57 bits per heavy atom. The molecule has 108 valence electrons. The first-order valence-electron chi connectivity index (χ1n) is 7.26. The Balaban J connectivity index is 1.59. The summed E-state index contributed by atoms with van der Waals surface area (Å²) in [4.78, 5) is 14.3. The van der Waals surface area contributed by atoms with Gasteiger partial charge in [-0.15, -0.1) is 0 Å². The summed E-state index contributed by atoms with van der Waals surface area (Å²) in [6.45, 7) is 1.93. The van der Waals surface area contributed by atoms with Crippen LogP contribution >= 0.6 is 11.8 Å². The first kappa shape index (κ1) is 14.4. The second kappa shape index (κ2) is 6.46. The smallest absolute Gasteiger partial charge is 0.220 e. The Kier molecular flexibility index (Phi) is 4.42. The summed E-state index contributed by atoms with van der Waals surface area (Å²) in [6.07, 6.45) is 1.05. The fourth-order valence-corrected chi connectivity index (χ4v) is 3.93.